The van der Waals surface area contributed by atoms with Gasteiger partial charge in [-0.3, -0.25) is 0 Å². The van der Waals surface area contributed by atoms with Crippen molar-refractivity contribution in [3.63, 3.8) is 0 Å². The van der Waals surface area contributed by atoms with Crippen molar-refractivity contribution in [1.29, 1.82) is 0 Å². The Balaban J connectivity index is 4.10. The molecule has 0 aromatic heterocycles. The summed E-state index contributed by atoms with van der Waals surface area (Å²) >= 11 is 0. The highest BCUT2D eigenvalue weighted by atomic mass is 16.7. The summed E-state index contributed by atoms with van der Waals surface area (Å²) in [5.41, 5.74) is 1.08. The highest BCUT2D eigenvalue weighted by Gasteiger charge is 2.09. The van der Waals surface area contributed by atoms with Crippen LogP contribution >= 0.6 is 0 Å². The summed E-state index contributed by atoms with van der Waals surface area (Å²) in [6.45, 7) is 5.94. The molecule has 0 aliphatic rings. The van der Waals surface area contributed by atoms with Crippen LogP contribution in [0.1, 0.15) is 27.2 Å². The summed E-state index contributed by atoms with van der Waals surface area (Å²) in [6, 6.07) is 0. The second-order valence-electron chi connectivity index (χ2n) is 3.85. The Hall–Kier alpha value is -0.380. The van der Waals surface area contributed by atoms with Gasteiger partial charge in [0.05, 0.1) is 6.10 Å². The van der Waals surface area contributed by atoms with Gasteiger partial charge in [-0.05, 0) is 12.8 Å². The van der Waals surface area contributed by atoms with E-state index in [9.17, 15) is 5.11 Å². The molecule has 3 heteroatoms. The molecule has 0 saturated carbocycles. The maximum atomic E-state index is 9.60. The first-order valence-corrected chi connectivity index (χ1v) is 4.92. The van der Waals surface area contributed by atoms with Crippen LogP contribution in [0.4, 0.5) is 0 Å². The molecule has 0 amide bonds. The number of hydrogen-bond acceptors (Lipinski definition) is 3. The molecule has 0 aliphatic heterocycles. The molecule has 0 aromatic rings. The van der Waals surface area contributed by atoms with E-state index in [2.05, 4.69) is 0 Å². The van der Waals surface area contributed by atoms with Crippen LogP contribution in [-0.4, -0.2) is 31.7 Å². The van der Waals surface area contributed by atoms with Crippen molar-refractivity contribution < 1.29 is 14.6 Å². The van der Waals surface area contributed by atoms with Crippen molar-refractivity contribution >= 4 is 0 Å². The molecule has 0 radical (unpaired) electrons. The van der Waals surface area contributed by atoms with Crippen molar-refractivity contribution in [2.75, 3.05) is 14.2 Å². The van der Waals surface area contributed by atoms with E-state index in [1.54, 1.807) is 14.2 Å². The van der Waals surface area contributed by atoms with Gasteiger partial charge in [0.15, 0.2) is 6.29 Å². The first-order valence-electron chi connectivity index (χ1n) is 4.92. The zero-order valence-electron chi connectivity index (χ0n) is 9.78. The first kappa shape index (κ1) is 13.6. The molecule has 1 N–H and O–H groups in total. The molecular formula is C11H22O3. The standard InChI is InChI=1S/C11H22O3/c1-8(2)10(12)6-9(3)7-11(13-4)14-5/h6,8,10-12H,7H2,1-5H3/b9-6-. The lowest BCUT2D eigenvalue weighted by molar-refractivity contribution is -0.100. The highest BCUT2D eigenvalue weighted by Crippen LogP contribution is 2.12. The minimum absolute atomic E-state index is 0.217. The molecule has 0 bridgehead atoms. The minimum Gasteiger partial charge on any atom is -0.389 e. The topological polar surface area (TPSA) is 38.7 Å². The lowest BCUT2D eigenvalue weighted by Gasteiger charge is -2.15. The van der Waals surface area contributed by atoms with Gasteiger partial charge in [-0.2, -0.15) is 0 Å². The quantitative estimate of drug-likeness (QED) is 0.528. The van der Waals surface area contributed by atoms with Gasteiger partial charge in [0.1, 0.15) is 0 Å². The van der Waals surface area contributed by atoms with Crippen LogP contribution in [0.2, 0.25) is 0 Å². The Kier molecular flexibility index (Phi) is 6.79. The van der Waals surface area contributed by atoms with E-state index in [0.29, 0.717) is 6.42 Å². The fourth-order valence-electron chi connectivity index (χ4n) is 1.08. The molecule has 0 heterocycles. The van der Waals surface area contributed by atoms with Gasteiger partial charge >= 0.3 is 0 Å². The van der Waals surface area contributed by atoms with E-state index in [0.717, 1.165) is 5.57 Å². The normalized spacial score (nSPS) is 15.3. The Morgan fingerprint density at radius 1 is 1.29 bits per heavy atom. The molecule has 0 rings (SSSR count). The Morgan fingerprint density at radius 2 is 1.79 bits per heavy atom. The number of rotatable bonds is 6. The van der Waals surface area contributed by atoms with Crippen molar-refractivity contribution in [1.82, 2.24) is 0 Å². The Labute approximate surface area is 86.7 Å². The molecule has 0 fully saturated rings. The van der Waals surface area contributed by atoms with Crippen molar-refractivity contribution in [2.45, 2.75) is 39.6 Å². The molecule has 84 valence electrons. The van der Waals surface area contributed by atoms with E-state index >= 15 is 0 Å². The third kappa shape index (κ3) is 5.37. The fourth-order valence-corrected chi connectivity index (χ4v) is 1.08. The van der Waals surface area contributed by atoms with E-state index < -0.39 is 0 Å². The largest absolute Gasteiger partial charge is 0.389 e. The van der Waals surface area contributed by atoms with Gasteiger partial charge < -0.3 is 14.6 Å². The molecule has 14 heavy (non-hydrogen) atoms. The summed E-state index contributed by atoms with van der Waals surface area (Å²) in [6.07, 6.45) is 1.95. The third-order valence-corrected chi connectivity index (χ3v) is 2.15. The summed E-state index contributed by atoms with van der Waals surface area (Å²) in [7, 11) is 3.22. The smallest absolute Gasteiger partial charge is 0.160 e. The van der Waals surface area contributed by atoms with Crippen LogP contribution in [0.3, 0.4) is 0 Å². The zero-order valence-corrected chi connectivity index (χ0v) is 9.78. The number of methoxy groups -OCH3 is 2. The van der Waals surface area contributed by atoms with Crippen LogP contribution in [-0.2, 0) is 9.47 Å². The summed E-state index contributed by atoms with van der Waals surface area (Å²) < 4.78 is 10.1. The molecular weight excluding hydrogens is 180 g/mol. The van der Waals surface area contributed by atoms with Gasteiger partial charge in [-0.15, -0.1) is 0 Å². The first-order chi connectivity index (χ1) is 6.51. The second-order valence-corrected chi connectivity index (χ2v) is 3.85. The lowest BCUT2D eigenvalue weighted by atomic mass is 10.0. The average molecular weight is 202 g/mol. The van der Waals surface area contributed by atoms with E-state index in [-0.39, 0.29) is 18.3 Å². The maximum Gasteiger partial charge on any atom is 0.160 e. The Morgan fingerprint density at radius 3 is 2.14 bits per heavy atom. The SMILES string of the molecule is COC(C/C(C)=C\C(O)C(C)C)OC. The third-order valence-electron chi connectivity index (χ3n) is 2.15. The average Bonchev–Trinajstić information content (AvgIpc) is 2.13. The molecule has 0 saturated heterocycles. The van der Waals surface area contributed by atoms with Crippen LogP contribution in [0, 0.1) is 5.92 Å². The molecule has 0 aromatic carbocycles. The summed E-state index contributed by atoms with van der Waals surface area (Å²) in [5.74, 6) is 0.244. The predicted octanol–water partition coefficient (Wildman–Crippen LogP) is 1.96. The molecule has 3 nitrogen and oxygen atoms in total. The minimum atomic E-state index is -0.385. The van der Waals surface area contributed by atoms with Crippen LogP contribution in [0.25, 0.3) is 0 Å². The van der Waals surface area contributed by atoms with E-state index in [1.165, 1.54) is 0 Å². The number of aliphatic hydroxyl groups excluding tert-OH is 1. The van der Waals surface area contributed by atoms with E-state index in [1.807, 2.05) is 26.8 Å². The van der Waals surface area contributed by atoms with Gasteiger partial charge in [0.2, 0.25) is 0 Å². The highest BCUT2D eigenvalue weighted by molar-refractivity contribution is 5.03. The number of aliphatic hydroxyl groups is 1. The van der Waals surface area contributed by atoms with Crippen LogP contribution in [0.5, 0.6) is 0 Å². The predicted molar refractivity (Wildman–Crippen MR) is 57.0 cm³/mol. The molecule has 1 atom stereocenters. The van der Waals surface area contributed by atoms with Crippen LogP contribution < -0.4 is 0 Å². The monoisotopic (exact) mass is 202 g/mol. The van der Waals surface area contributed by atoms with Gasteiger partial charge in [0.25, 0.3) is 0 Å². The van der Waals surface area contributed by atoms with Crippen LogP contribution in [0.15, 0.2) is 11.6 Å². The van der Waals surface area contributed by atoms with Gasteiger partial charge in [0, 0.05) is 20.6 Å². The van der Waals surface area contributed by atoms with Crippen molar-refractivity contribution in [2.24, 2.45) is 5.92 Å². The summed E-state index contributed by atoms with van der Waals surface area (Å²) in [5, 5.41) is 9.60. The summed E-state index contributed by atoms with van der Waals surface area (Å²) in [4.78, 5) is 0. The van der Waals surface area contributed by atoms with Gasteiger partial charge in [-0.25, -0.2) is 0 Å². The van der Waals surface area contributed by atoms with Crippen molar-refractivity contribution in [3.8, 4) is 0 Å². The fraction of sp³-hybridized carbons (Fsp3) is 0.818. The lowest BCUT2D eigenvalue weighted by Crippen LogP contribution is -2.15. The number of hydrogen-bond donors (Lipinski definition) is 1. The Bertz CT molecular complexity index is 171. The number of ether oxygens (including phenoxy) is 2. The molecule has 1 unspecified atom stereocenters. The second kappa shape index (κ2) is 6.98. The molecule has 0 aliphatic carbocycles. The van der Waals surface area contributed by atoms with E-state index in [4.69, 9.17) is 9.47 Å². The zero-order chi connectivity index (χ0) is 11.1. The maximum absolute atomic E-state index is 9.60. The van der Waals surface area contributed by atoms with Crippen molar-refractivity contribution in [3.05, 3.63) is 11.6 Å². The van der Waals surface area contributed by atoms with Gasteiger partial charge in [-0.1, -0.05) is 25.5 Å². The molecule has 0 spiro atoms.